The summed E-state index contributed by atoms with van der Waals surface area (Å²) in [7, 11) is 1.69. The third-order valence-electron chi connectivity index (χ3n) is 6.53. The molecule has 0 spiro atoms. The zero-order valence-electron chi connectivity index (χ0n) is 19.3. The molecule has 2 aliphatic rings. The Bertz CT molecular complexity index is 869. The van der Waals surface area contributed by atoms with Gasteiger partial charge in [0, 0.05) is 38.4 Å². The second kappa shape index (κ2) is 10.7. The molecule has 1 amide bonds. The van der Waals surface area contributed by atoms with Crippen LogP contribution in [-0.2, 0) is 4.79 Å². The zero-order chi connectivity index (χ0) is 22.3. The molecule has 0 aromatic heterocycles. The lowest BCUT2D eigenvalue weighted by Crippen LogP contribution is -2.41. The van der Waals surface area contributed by atoms with Crippen LogP contribution in [0.3, 0.4) is 0 Å². The molecule has 0 radical (unpaired) electrons. The number of benzene rings is 2. The van der Waals surface area contributed by atoms with E-state index in [-0.39, 0.29) is 11.9 Å². The minimum atomic E-state index is 0.181. The number of hydrogen-bond acceptors (Lipinski definition) is 5. The fourth-order valence-corrected chi connectivity index (χ4v) is 4.83. The van der Waals surface area contributed by atoms with Crippen LogP contribution in [0.25, 0.3) is 0 Å². The molecule has 2 fully saturated rings. The van der Waals surface area contributed by atoms with E-state index in [0.29, 0.717) is 13.2 Å². The average Bonchev–Trinajstić information content (AvgIpc) is 3.21. The van der Waals surface area contributed by atoms with Crippen molar-refractivity contribution in [3.63, 3.8) is 0 Å². The molecular formula is C26H35N3O3. The Balaban J connectivity index is 1.33. The molecule has 6 nitrogen and oxygen atoms in total. The number of likely N-dealkylation sites (tertiary alicyclic amines) is 1. The smallest absolute Gasteiger partial charge is 0.237 e. The second-order valence-corrected chi connectivity index (χ2v) is 8.56. The molecule has 4 rings (SSSR count). The van der Waals surface area contributed by atoms with Crippen molar-refractivity contribution in [3.05, 3.63) is 54.1 Å². The molecule has 32 heavy (non-hydrogen) atoms. The highest BCUT2D eigenvalue weighted by molar-refractivity contribution is 5.79. The number of carbonyl (C=O) groups excluding carboxylic acids is 1. The first-order valence-corrected chi connectivity index (χ1v) is 11.8. The van der Waals surface area contributed by atoms with E-state index >= 15 is 0 Å². The quantitative estimate of drug-likeness (QED) is 0.656. The Morgan fingerprint density at radius 1 is 0.906 bits per heavy atom. The summed E-state index contributed by atoms with van der Waals surface area (Å²) in [4.78, 5) is 20.0. The van der Waals surface area contributed by atoms with E-state index in [4.69, 9.17) is 9.47 Å². The van der Waals surface area contributed by atoms with E-state index in [1.165, 1.54) is 11.3 Å². The average molecular weight is 438 g/mol. The molecule has 6 heteroatoms. The van der Waals surface area contributed by atoms with Gasteiger partial charge in [-0.25, -0.2) is 0 Å². The first-order valence-electron chi connectivity index (χ1n) is 11.8. The molecule has 0 N–H and O–H groups in total. The maximum Gasteiger partial charge on any atom is 0.237 e. The van der Waals surface area contributed by atoms with Crippen molar-refractivity contribution >= 4 is 11.6 Å². The Hall–Kier alpha value is -2.73. The summed E-state index contributed by atoms with van der Waals surface area (Å²) in [6.45, 7) is 7.81. The molecule has 2 heterocycles. The largest absolute Gasteiger partial charge is 0.497 e. The van der Waals surface area contributed by atoms with Gasteiger partial charge in [-0.2, -0.15) is 0 Å². The number of hydrogen-bond donors (Lipinski definition) is 0. The van der Waals surface area contributed by atoms with Crippen molar-refractivity contribution in [2.75, 3.05) is 57.9 Å². The van der Waals surface area contributed by atoms with Gasteiger partial charge in [0.05, 0.1) is 26.3 Å². The van der Waals surface area contributed by atoms with Gasteiger partial charge < -0.3 is 19.3 Å². The van der Waals surface area contributed by atoms with E-state index in [0.717, 1.165) is 63.5 Å². The first kappa shape index (κ1) is 22.5. The summed E-state index contributed by atoms with van der Waals surface area (Å²) >= 11 is 0. The maximum atomic E-state index is 13.2. The van der Waals surface area contributed by atoms with Crippen molar-refractivity contribution in [2.24, 2.45) is 0 Å². The van der Waals surface area contributed by atoms with Crippen LogP contribution < -0.4 is 14.4 Å². The minimum Gasteiger partial charge on any atom is -0.497 e. The van der Waals surface area contributed by atoms with Gasteiger partial charge in [-0.3, -0.25) is 9.69 Å². The van der Waals surface area contributed by atoms with Crippen LogP contribution in [0.15, 0.2) is 48.5 Å². The van der Waals surface area contributed by atoms with Gasteiger partial charge >= 0.3 is 0 Å². The van der Waals surface area contributed by atoms with E-state index in [2.05, 4.69) is 39.0 Å². The first-order chi connectivity index (χ1) is 15.7. The standard InChI is InChI=1S/C26H35N3O3/c1-3-32-24-11-7-21(8-12-24)25-6-4-17-29(25)26(30)20-27-15-5-16-28(19-18-27)22-9-13-23(31-2)14-10-22/h7-14,25H,3-6,15-20H2,1-2H3. The van der Waals surface area contributed by atoms with Crippen LogP contribution in [0, 0.1) is 0 Å². The summed E-state index contributed by atoms with van der Waals surface area (Å²) in [5, 5.41) is 0. The van der Waals surface area contributed by atoms with Gasteiger partial charge in [-0.05, 0) is 68.1 Å². The number of nitrogens with zero attached hydrogens (tertiary/aromatic N) is 3. The summed E-state index contributed by atoms with van der Waals surface area (Å²) in [6, 6.07) is 16.7. The number of carbonyl (C=O) groups is 1. The van der Waals surface area contributed by atoms with Crippen LogP contribution in [0.2, 0.25) is 0 Å². The molecule has 1 unspecified atom stereocenters. The van der Waals surface area contributed by atoms with E-state index in [1.54, 1.807) is 7.11 Å². The van der Waals surface area contributed by atoms with Crippen LogP contribution in [0.1, 0.15) is 37.8 Å². The summed E-state index contributed by atoms with van der Waals surface area (Å²) in [5.74, 6) is 2.01. The number of rotatable bonds is 7. The Morgan fingerprint density at radius 3 is 2.38 bits per heavy atom. The zero-order valence-corrected chi connectivity index (χ0v) is 19.3. The van der Waals surface area contributed by atoms with E-state index in [9.17, 15) is 4.79 Å². The highest BCUT2D eigenvalue weighted by Crippen LogP contribution is 2.33. The normalized spacial score (nSPS) is 19.6. The Labute approximate surface area is 191 Å². The predicted octanol–water partition coefficient (Wildman–Crippen LogP) is 3.97. The van der Waals surface area contributed by atoms with Gasteiger partial charge in [-0.1, -0.05) is 12.1 Å². The van der Waals surface area contributed by atoms with Gasteiger partial charge in [0.2, 0.25) is 5.91 Å². The lowest BCUT2D eigenvalue weighted by Gasteiger charge is -2.28. The third-order valence-corrected chi connectivity index (χ3v) is 6.53. The monoisotopic (exact) mass is 437 g/mol. The van der Waals surface area contributed by atoms with Crippen LogP contribution in [0.4, 0.5) is 5.69 Å². The number of methoxy groups -OCH3 is 1. The molecule has 172 valence electrons. The highest BCUT2D eigenvalue weighted by Gasteiger charge is 2.31. The second-order valence-electron chi connectivity index (χ2n) is 8.56. The highest BCUT2D eigenvalue weighted by atomic mass is 16.5. The molecule has 2 saturated heterocycles. The Morgan fingerprint density at radius 2 is 1.66 bits per heavy atom. The SMILES string of the molecule is CCOc1ccc(C2CCCN2C(=O)CN2CCCN(c3ccc(OC)cc3)CC2)cc1. The Kier molecular flexibility index (Phi) is 7.53. The maximum absolute atomic E-state index is 13.2. The van der Waals surface area contributed by atoms with Gasteiger partial charge in [0.15, 0.2) is 0 Å². The molecule has 2 aromatic carbocycles. The summed E-state index contributed by atoms with van der Waals surface area (Å²) in [5.41, 5.74) is 2.43. The van der Waals surface area contributed by atoms with Crippen molar-refractivity contribution in [2.45, 2.75) is 32.2 Å². The van der Waals surface area contributed by atoms with Gasteiger partial charge in [0.25, 0.3) is 0 Å². The van der Waals surface area contributed by atoms with Crippen LogP contribution in [-0.4, -0.2) is 68.7 Å². The fourth-order valence-electron chi connectivity index (χ4n) is 4.83. The van der Waals surface area contributed by atoms with Crippen molar-refractivity contribution < 1.29 is 14.3 Å². The number of ether oxygens (including phenoxy) is 2. The lowest BCUT2D eigenvalue weighted by molar-refractivity contribution is -0.133. The molecule has 0 bridgehead atoms. The lowest BCUT2D eigenvalue weighted by atomic mass is 10.0. The molecule has 2 aliphatic heterocycles. The summed E-state index contributed by atoms with van der Waals surface area (Å²) < 4.78 is 10.8. The fraction of sp³-hybridized carbons (Fsp3) is 0.500. The molecule has 2 aromatic rings. The summed E-state index contributed by atoms with van der Waals surface area (Å²) in [6.07, 6.45) is 3.15. The van der Waals surface area contributed by atoms with Gasteiger partial charge in [0.1, 0.15) is 11.5 Å². The van der Waals surface area contributed by atoms with Crippen LogP contribution >= 0.6 is 0 Å². The van der Waals surface area contributed by atoms with Crippen LogP contribution in [0.5, 0.6) is 11.5 Å². The molecule has 1 atom stereocenters. The predicted molar refractivity (Wildman–Crippen MR) is 128 cm³/mol. The number of amides is 1. The molecular weight excluding hydrogens is 402 g/mol. The third kappa shape index (κ3) is 5.36. The van der Waals surface area contributed by atoms with Gasteiger partial charge in [-0.15, -0.1) is 0 Å². The van der Waals surface area contributed by atoms with Crippen molar-refractivity contribution in [1.29, 1.82) is 0 Å². The van der Waals surface area contributed by atoms with E-state index in [1.807, 2.05) is 31.2 Å². The minimum absolute atomic E-state index is 0.181. The molecule has 0 aliphatic carbocycles. The van der Waals surface area contributed by atoms with Crippen molar-refractivity contribution in [1.82, 2.24) is 9.80 Å². The van der Waals surface area contributed by atoms with Crippen molar-refractivity contribution in [3.8, 4) is 11.5 Å². The molecule has 0 saturated carbocycles. The number of anilines is 1. The van der Waals surface area contributed by atoms with E-state index < -0.39 is 0 Å². The topological polar surface area (TPSA) is 45.2 Å².